The summed E-state index contributed by atoms with van der Waals surface area (Å²) in [7, 11) is 1.58. The number of hydrogen-bond donors (Lipinski definition) is 0. The lowest BCUT2D eigenvalue weighted by Gasteiger charge is -2.12. The van der Waals surface area contributed by atoms with Gasteiger partial charge < -0.3 is 9.30 Å². The van der Waals surface area contributed by atoms with Gasteiger partial charge in [-0.3, -0.25) is 4.79 Å². The molecule has 0 N–H and O–H groups in total. The Labute approximate surface area is 113 Å². The second-order valence-electron chi connectivity index (χ2n) is 4.77. The van der Waals surface area contributed by atoms with Gasteiger partial charge in [-0.15, -0.1) is 0 Å². The van der Waals surface area contributed by atoms with Gasteiger partial charge in [0.05, 0.1) is 25.5 Å². The third-order valence-electron chi connectivity index (χ3n) is 3.08. The molecule has 1 aromatic heterocycles. The lowest BCUT2D eigenvalue weighted by Crippen LogP contribution is -2.11. The molecule has 2 rings (SSSR count). The molecule has 1 heterocycles. The van der Waals surface area contributed by atoms with E-state index in [4.69, 9.17) is 4.74 Å². The van der Waals surface area contributed by atoms with E-state index in [0.29, 0.717) is 17.2 Å². The number of Topliss-reactive ketones (excluding diaryl/α,β-unsaturated/α-hetero) is 1. The van der Waals surface area contributed by atoms with Crippen LogP contribution in [0, 0.1) is 0 Å². The van der Waals surface area contributed by atoms with E-state index < -0.39 is 0 Å². The van der Waals surface area contributed by atoms with E-state index in [1.54, 1.807) is 30.4 Å². The molecule has 0 fully saturated rings. The molecule has 0 aliphatic carbocycles. The summed E-state index contributed by atoms with van der Waals surface area (Å²) in [4.78, 5) is 16.3. The number of imidazole rings is 1. The number of aromatic nitrogens is 2. The van der Waals surface area contributed by atoms with Crippen LogP contribution in [0.1, 0.15) is 35.7 Å². The molecule has 0 radical (unpaired) electrons. The van der Waals surface area contributed by atoms with Crippen LogP contribution in [0.2, 0.25) is 0 Å². The van der Waals surface area contributed by atoms with Gasteiger partial charge in [-0.25, -0.2) is 4.98 Å². The van der Waals surface area contributed by atoms with Crippen LogP contribution < -0.4 is 4.74 Å². The van der Waals surface area contributed by atoms with E-state index in [0.717, 1.165) is 5.56 Å². The standard InChI is InChI=1S/C15H18N2O2/c1-11(2)12-4-5-15(19-3)13(8-12)14(18)9-17-7-6-16-10-17/h4-8,10-11H,9H2,1-3H3. The number of hydrogen-bond acceptors (Lipinski definition) is 3. The maximum absolute atomic E-state index is 12.3. The van der Waals surface area contributed by atoms with Crippen molar-refractivity contribution < 1.29 is 9.53 Å². The number of carbonyl (C=O) groups is 1. The minimum absolute atomic E-state index is 0.0253. The van der Waals surface area contributed by atoms with Crippen LogP contribution in [-0.2, 0) is 6.54 Å². The summed E-state index contributed by atoms with van der Waals surface area (Å²) >= 11 is 0. The highest BCUT2D eigenvalue weighted by molar-refractivity contribution is 5.98. The Morgan fingerprint density at radius 1 is 1.42 bits per heavy atom. The highest BCUT2D eigenvalue weighted by Crippen LogP contribution is 2.24. The van der Waals surface area contributed by atoms with Crippen molar-refractivity contribution in [1.29, 1.82) is 0 Å². The van der Waals surface area contributed by atoms with E-state index in [2.05, 4.69) is 18.8 Å². The zero-order valence-corrected chi connectivity index (χ0v) is 11.5. The molecule has 19 heavy (non-hydrogen) atoms. The van der Waals surface area contributed by atoms with Crippen molar-refractivity contribution in [2.75, 3.05) is 7.11 Å². The number of benzene rings is 1. The van der Waals surface area contributed by atoms with Crippen LogP contribution >= 0.6 is 0 Å². The SMILES string of the molecule is COc1ccc(C(C)C)cc1C(=O)Cn1ccnc1. The van der Waals surface area contributed by atoms with Crippen molar-refractivity contribution in [3.8, 4) is 5.75 Å². The molecule has 0 aliphatic rings. The van der Waals surface area contributed by atoms with E-state index in [9.17, 15) is 4.79 Å². The Kier molecular flexibility index (Phi) is 4.00. The summed E-state index contributed by atoms with van der Waals surface area (Å²) in [5, 5.41) is 0. The molecule has 0 spiro atoms. The van der Waals surface area contributed by atoms with Crippen molar-refractivity contribution in [2.45, 2.75) is 26.3 Å². The second kappa shape index (κ2) is 5.69. The summed E-state index contributed by atoms with van der Waals surface area (Å²) in [5.41, 5.74) is 1.76. The first kappa shape index (κ1) is 13.3. The summed E-state index contributed by atoms with van der Waals surface area (Å²) < 4.78 is 7.03. The van der Waals surface area contributed by atoms with Gasteiger partial charge in [0.25, 0.3) is 0 Å². The summed E-state index contributed by atoms with van der Waals surface area (Å²) in [6, 6.07) is 5.77. The maximum Gasteiger partial charge on any atom is 0.186 e. The quantitative estimate of drug-likeness (QED) is 0.774. The van der Waals surface area contributed by atoms with Crippen LogP contribution in [0.25, 0.3) is 0 Å². The predicted molar refractivity (Wildman–Crippen MR) is 73.6 cm³/mol. The third kappa shape index (κ3) is 3.02. The second-order valence-corrected chi connectivity index (χ2v) is 4.77. The van der Waals surface area contributed by atoms with Gasteiger partial charge in [-0.05, 0) is 23.6 Å². The van der Waals surface area contributed by atoms with E-state index in [1.165, 1.54) is 0 Å². The zero-order valence-electron chi connectivity index (χ0n) is 11.5. The molecular formula is C15H18N2O2. The fourth-order valence-corrected chi connectivity index (χ4v) is 1.93. The number of methoxy groups -OCH3 is 1. The van der Waals surface area contributed by atoms with Crippen molar-refractivity contribution in [1.82, 2.24) is 9.55 Å². The van der Waals surface area contributed by atoms with Crippen LogP contribution in [0.5, 0.6) is 5.75 Å². The highest BCUT2D eigenvalue weighted by atomic mass is 16.5. The average Bonchev–Trinajstić information content (AvgIpc) is 2.90. The van der Waals surface area contributed by atoms with Crippen molar-refractivity contribution in [2.24, 2.45) is 0 Å². The number of nitrogens with zero attached hydrogens (tertiary/aromatic N) is 2. The molecule has 4 nitrogen and oxygen atoms in total. The zero-order chi connectivity index (χ0) is 13.8. The fraction of sp³-hybridized carbons (Fsp3) is 0.333. The Hall–Kier alpha value is -2.10. The largest absolute Gasteiger partial charge is 0.496 e. The normalized spacial score (nSPS) is 10.7. The summed E-state index contributed by atoms with van der Waals surface area (Å²) in [5.74, 6) is 1.03. The average molecular weight is 258 g/mol. The third-order valence-corrected chi connectivity index (χ3v) is 3.08. The van der Waals surface area contributed by atoms with E-state index in [-0.39, 0.29) is 12.3 Å². The first-order valence-corrected chi connectivity index (χ1v) is 6.28. The number of ether oxygens (including phenoxy) is 1. The summed E-state index contributed by atoms with van der Waals surface area (Å²) in [6.45, 7) is 4.48. The van der Waals surface area contributed by atoms with E-state index in [1.807, 2.05) is 18.2 Å². The van der Waals surface area contributed by atoms with Gasteiger partial charge in [0.15, 0.2) is 5.78 Å². The first-order chi connectivity index (χ1) is 9.11. The monoisotopic (exact) mass is 258 g/mol. The minimum atomic E-state index is 0.0253. The molecule has 0 amide bonds. The Morgan fingerprint density at radius 3 is 2.79 bits per heavy atom. The molecule has 0 saturated heterocycles. The fourth-order valence-electron chi connectivity index (χ4n) is 1.93. The van der Waals surface area contributed by atoms with Crippen molar-refractivity contribution in [3.05, 3.63) is 48.0 Å². The minimum Gasteiger partial charge on any atom is -0.496 e. The predicted octanol–water partition coefficient (Wildman–Crippen LogP) is 2.90. The van der Waals surface area contributed by atoms with Gasteiger partial charge >= 0.3 is 0 Å². The van der Waals surface area contributed by atoms with Crippen molar-refractivity contribution >= 4 is 5.78 Å². The maximum atomic E-state index is 12.3. The molecule has 0 atom stereocenters. The molecule has 2 aromatic rings. The van der Waals surface area contributed by atoms with Gasteiger partial charge in [-0.2, -0.15) is 0 Å². The molecular weight excluding hydrogens is 240 g/mol. The molecule has 1 aromatic carbocycles. The molecule has 0 saturated carbocycles. The highest BCUT2D eigenvalue weighted by Gasteiger charge is 2.14. The number of carbonyl (C=O) groups excluding carboxylic acids is 1. The van der Waals surface area contributed by atoms with Gasteiger partial charge in [-0.1, -0.05) is 19.9 Å². The lowest BCUT2D eigenvalue weighted by atomic mass is 9.98. The Balaban J connectivity index is 2.30. The molecule has 0 unspecified atom stereocenters. The van der Waals surface area contributed by atoms with Gasteiger partial charge in [0.1, 0.15) is 5.75 Å². The Bertz CT molecular complexity index is 560. The Morgan fingerprint density at radius 2 is 2.21 bits per heavy atom. The van der Waals surface area contributed by atoms with Crippen LogP contribution in [0.4, 0.5) is 0 Å². The summed E-state index contributed by atoms with van der Waals surface area (Å²) in [6.07, 6.45) is 5.07. The molecule has 4 heteroatoms. The molecule has 0 bridgehead atoms. The van der Waals surface area contributed by atoms with Gasteiger partial charge in [0, 0.05) is 12.4 Å². The van der Waals surface area contributed by atoms with Gasteiger partial charge in [0.2, 0.25) is 0 Å². The number of rotatable bonds is 5. The molecule has 100 valence electrons. The smallest absolute Gasteiger partial charge is 0.186 e. The van der Waals surface area contributed by atoms with Crippen LogP contribution in [0.15, 0.2) is 36.9 Å². The topological polar surface area (TPSA) is 44.1 Å². The first-order valence-electron chi connectivity index (χ1n) is 6.28. The van der Waals surface area contributed by atoms with Crippen molar-refractivity contribution in [3.63, 3.8) is 0 Å². The van der Waals surface area contributed by atoms with Crippen LogP contribution in [-0.4, -0.2) is 22.4 Å². The van der Waals surface area contributed by atoms with E-state index >= 15 is 0 Å². The van der Waals surface area contributed by atoms with Crippen LogP contribution in [0.3, 0.4) is 0 Å². The molecule has 0 aliphatic heterocycles. The lowest BCUT2D eigenvalue weighted by molar-refractivity contribution is 0.0969. The number of ketones is 1.